The molecule has 0 aliphatic rings. The Hall–Kier alpha value is -1.25. The molecule has 1 rings (SSSR count). The summed E-state index contributed by atoms with van der Waals surface area (Å²) >= 11 is 11.7. The lowest BCUT2D eigenvalue weighted by Crippen LogP contribution is -2.20. The smallest absolute Gasteiger partial charge is 0.244 e. The highest BCUT2D eigenvalue weighted by molar-refractivity contribution is 6.34. The molecule has 0 saturated heterocycles. The second-order valence-corrected chi connectivity index (χ2v) is 4.25. The number of carbonyl (C=O) groups excluding carboxylic acids is 1. The third-order valence-corrected chi connectivity index (χ3v) is 2.38. The van der Waals surface area contributed by atoms with Crippen LogP contribution in [0.1, 0.15) is 12.5 Å². The quantitative estimate of drug-likeness (QED) is 0.655. The first kappa shape index (κ1) is 13.8. The van der Waals surface area contributed by atoms with Gasteiger partial charge in [-0.3, -0.25) is 4.79 Å². The maximum Gasteiger partial charge on any atom is 0.244 e. The number of halogens is 2. The summed E-state index contributed by atoms with van der Waals surface area (Å²) in [6, 6.07) is 5.19. The minimum Gasteiger partial charge on any atom is -0.348 e. The van der Waals surface area contributed by atoms with E-state index in [2.05, 4.69) is 5.32 Å². The van der Waals surface area contributed by atoms with Gasteiger partial charge in [-0.2, -0.15) is 0 Å². The molecule has 0 aliphatic heterocycles. The molecule has 0 unspecified atom stereocenters. The number of amides is 1. The van der Waals surface area contributed by atoms with Crippen LogP contribution in [0.25, 0.3) is 0 Å². The van der Waals surface area contributed by atoms with Gasteiger partial charge in [-0.1, -0.05) is 41.4 Å². The van der Waals surface area contributed by atoms with Crippen molar-refractivity contribution < 1.29 is 4.79 Å². The fourth-order valence-corrected chi connectivity index (χ4v) is 1.79. The highest BCUT2D eigenvalue weighted by atomic mass is 35.5. The van der Waals surface area contributed by atoms with Crippen molar-refractivity contribution in [3.63, 3.8) is 0 Å². The van der Waals surface area contributed by atoms with Gasteiger partial charge in [0.1, 0.15) is 0 Å². The minimum absolute atomic E-state index is 0.154. The standard InChI is InChI=1S/C13H13Cl2NO/c1-2-3-4-5-13(17)16-9-10-6-11(14)8-12(15)7-10/h2-8H,9H2,1H3,(H,16,17)/b3-2+,5-4+. The van der Waals surface area contributed by atoms with Crippen molar-refractivity contribution in [2.45, 2.75) is 13.5 Å². The third-order valence-electron chi connectivity index (χ3n) is 1.94. The molecule has 1 N–H and O–H groups in total. The molecule has 1 amide bonds. The summed E-state index contributed by atoms with van der Waals surface area (Å²) in [6.45, 7) is 2.29. The van der Waals surface area contributed by atoms with Gasteiger partial charge < -0.3 is 5.32 Å². The van der Waals surface area contributed by atoms with Gasteiger partial charge in [0.2, 0.25) is 5.91 Å². The Kier molecular flexibility index (Phi) is 5.81. The van der Waals surface area contributed by atoms with Crippen LogP contribution in [0.3, 0.4) is 0 Å². The highest BCUT2D eigenvalue weighted by Gasteiger charge is 1.99. The van der Waals surface area contributed by atoms with Crippen LogP contribution in [-0.4, -0.2) is 5.91 Å². The Morgan fingerprint density at radius 1 is 1.24 bits per heavy atom. The predicted octanol–water partition coefficient (Wildman–Crippen LogP) is 3.74. The Bertz CT molecular complexity index is 432. The van der Waals surface area contributed by atoms with Gasteiger partial charge in [0.05, 0.1) is 0 Å². The molecule has 4 heteroatoms. The molecule has 1 aromatic rings. The van der Waals surface area contributed by atoms with Gasteiger partial charge in [-0.25, -0.2) is 0 Å². The molecule has 90 valence electrons. The number of nitrogens with one attached hydrogen (secondary N) is 1. The summed E-state index contributed by atoms with van der Waals surface area (Å²) in [6.07, 6.45) is 6.78. The summed E-state index contributed by atoms with van der Waals surface area (Å²) < 4.78 is 0. The van der Waals surface area contributed by atoms with Crippen molar-refractivity contribution in [1.29, 1.82) is 0 Å². The zero-order valence-electron chi connectivity index (χ0n) is 9.41. The third kappa shape index (κ3) is 5.57. The lowest BCUT2D eigenvalue weighted by molar-refractivity contribution is -0.116. The average molecular weight is 270 g/mol. The van der Waals surface area contributed by atoms with E-state index in [1.807, 2.05) is 13.0 Å². The summed E-state index contributed by atoms with van der Waals surface area (Å²) in [7, 11) is 0. The van der Waals surface area contributed by atoms with E-state index in [9.17, 15) is 4.79 Å². The first-order valence-electron chi connectivity index (χ1n) is 5.14. The molecule has 0 fully saturated rings. The zero-order chi connectivity index (χ0) is 12.7. The van der Waals surface area contributed by atoms with Crippen molar-refractivity contribution in [3.05, 3.63) is 58.1 Å². The van der Waals surface area contributed by atoms with E-state index in [4.69, 9.17) is 23.2 Å². The fraction of sp³-hybridized carbons (Fsp3) is 0.154. The number of hydrogen-bond acceptors (Lipinski definition) is 1. The normalized spacial score (nSPS) is 11.2. The number of rotatable bonds is 4. The van der Waals surface area contributed by atoms with Gasteiger partial charge in [0.15, 0.2) is 0 Å². The number of hydrogen-bond donors (Lipinski definition) is 1. The highest BCUT2D eigenvalue weighted by Crippen LogP contribution is 2.18. The molecular formula is C13H13Cl2NO. The topological polar surface area (TPSA) is 29.1 Å². The first-order chi connectivity index (χ1) is 8.11. The fourth-order valence-electron chi connectivity index (χ4n) is 1.22. The molecule has 2 nitrogen and oxygen atoms in total. The second kappa shape index (κ2) is 7.15. The van der Waals surface area contributed by atoms with Crippen LogP contribution in [0.4, 0.5) is 0 Å². The number of carbonyl (C=O) groups is 1. The predicted molar refractivity (Wildman–Crippen MR) is 72.3 cm³/mol. The summed E-state index contributed by atoms with van der Waals surface area (Å²) in [5, 5.41) is 3.86. The van der Waals surface area contributed by atoms with Crippen molar-refractivity contribution in [2.24, 2.45) is 0 Å². The number of allylic oxidation sites excluding steroid dienone is 3. The van der Waals surface area contributed by atoms with E-state index in [1.165, 1.54) is 6.08 Å². The van der Waals surface area contributed by atoms with Gasteiger partial charge in [-0.05, 0) is 30.7 Å². The van der Waals surface area contributed by atoms with E-state index in [0.717, 1.165) is 5.56 Å². The summed E-state index contributed by atoms with van der Waals surface area (Å²) in [4.78, 5) is 11.4. The monoisotopic (exact) mass is 269 g/mol. The van der Waals surface area contributed by atoms with Crippen molar-refractivity contribution in [2.75, 3.05) is 0 Å². The Morgan fingerprint density at radius 3 is 2.47 bits per heavy atom. The van der Waals surface area contributed by atoms with Crippen LogP contribution in [0.5, 0.6) is 0 Å². The SMILES string of the molecule is C/C=C/C=C/C(=O)NCc1cc(Cl)cc(Cl)c1. The first-order valence-corrected chi connectivity index (χ1v) is 5.89. The van der Waals surface area contributed by atoms with Crippen LogP contribution in [0.15, 0.2) is 42.5 Å². The second-order valence-electron chi connectivity index (χ2n) is 3.38. The Balaban J connectivity index is 2.52. The molecule has 1 aromatic carbocycles. The molecular weight excluding hydrogens is 257 g/mol. The molecule has 17 heavy (non-hydrogen) atoms. The molecule has 0 aromatic heterocycles. The lowest BCUT2D eigenvalue weighted by atomic mass is 10.2. The Labute approximate surface area is 111 Å². The van der Waals surface area contributed by atoms with Crippen LogP contribution >= 0.6 is 23.2 Å². The molecule has 0 spiro atoms. The van der Waals surface area contributed by atoms with Crippen LogP contribution in [0.2, 0.25) is 10.0 Å². The number of benzene rings is 1. The molecule has 0 heterocycles. The molecule has 0 saturated carbocycles. The van der Waals surface area contributed by atoms with Crippen molar-refractivity contribution in [1.82, 2.24) is 5.32 Å². The summed E-state index contributed by atoms with van der Waals surface area (Å²) in [5.74, 6) is -0.154. The Morgan fingerprint density at radius 2 is 1.88 bits per heavy atom. The van der Waals surface area contributed by atoms with Crippen molar-refractivity contribution in [3.8, 4) is 0 Å². The van der Waals surface area contributed by atoms with E-state index in [0.29, 0.717) is 16.6 Å². The molecule has 0 radical (unpaired) electrons. The van der Waals surface area contributed by atoms with Crippen molar-refractivity contribution >= 4 is 29.1 Å². The molecule has 0 bridgehead atoms. The van der Waals surface area contributed by atoms with Gasteiger partial charge >= 0.3 is 0 Å². The van der Waals surface area contributed by atoms with E-state index in [-0.39, 0.29) is 5.91 Å². The minimum atomic E-state index is -0.154. The van der Waals surface area contributed by atoms with E-state index in [1.54, 1.807) is 30.4 Å². The van der Waals surface area contributed by atoms with E-state index >= 15 is 0 Å². The maximum atomic E-state index is 11.4. The van der Waals surface area contributed by atoms with Gasteiger partial charge in [-0.15, -0.1) is 0 Å². The molecule has 0 atom stereocenters. The zero-order valence-corrected chi connectivity index (χ0v) is 10.9. The largest absolute Gasteiger partial charge is 0.348 e. The van der Waals surface area contributed by atoms with Gasteiger partial charge in [0, 0.05) is 22.7 Å². The van der Waals surface area contributed by atoms with Crippen LogP contribution in [0, 0.1) is 0 Å². The van der Waals surface area contributed by atoms with Crippen LogP contribution in [-0.2, 0) is 11.3 Å². The van der Waals surface area contributed by atoms with E-state index < -0.39 is 0 Å². The molecule has 0 aliphatic carbocycles. The lowest BCUT2D eigenvalue weighted by Gasteiger charge is -2.03. The average Bonchev–Trinajstić information content (AvgIpc) is 2.25. The summed E-state index contributed by atoms with van der Waals surface area (Å²) in [5.41, 5.74) is 0.871. The van der Waals surface area contributed by atoms with Gasteiger partial charge in [0.25, 0.3) is 0 Å². The van der Waals surface area contributed by atoms with Crippen LogP contribution < -0.4 is 5.32 Å². The maximum absolute atomic E-state index is 11.4.